The third-order valence-corrected chi connectivity index (χ3v) is 4.21. The predicted molar refractivity (Wildman–Crippen MR) is 95.5 cm³/mol. The lowest BCUT2D eigenvalue weighted by Crippen LogP contribution is -2.26. The zero-order valence-corrected chi connectivity index (χ0v) is 16.9. The molecular formula is C20H16F6O6. The van der Waals surface area contributed by atoms with Crippen molar-refractivity contribution in [2.24, 2.45) is 0 Å². The van der Waals surface area contributed by atoms with Gasteiger partial charge in [-0.2, -0.15) is 8.78 Å². The molecule has 0 aliphatic carbocycles. The summed E-state index contributed by atoms with van der Waals surface area (Å²) in [4.78, 5) is 24.3. The van der Waals surface area contributed by atoms with Crippen LogP contribution in [0.5, 0.6) is 11.5 Å². The molecular weight excluding hydrogens is 450 g/mol. The minimum atomic E-state index is -1.65. The second-order valence-electron chi connectivity index (χ2n) is 6.17. The molecule has 0 fully saturated rings. The highest BCUT2D eigenvalue weighted by Gasteiger charge is 2.28. The smallest absolute Gasteiger partial charge is 0.341 e. The first-order valence-corrected chi connectivity index (χ1v) is 8.88. The first-order valence-electron chi connectivity index (χ1n) is 8.88. The molecule has 0 aromatic heterocycles. The molecule has 0 saturated carbocycles. The highest BCUT2D eigenvalue weighted by molar-refractivity contribution is 5.91. The summed E-state index contributed by atoms with van der Waals surface area (Å²) in [6.07, 6.45) is -1.24. The van der Waals surface area contributed by atoms with Crippen molar-refractivity contribution < 1.29 is 54.9 Å². The third kappa shape index (κ3) is 4.89. The molecule has 0 N–H and O–H groups in total. The van der Waals surface area contributed by atoms with Gasteiger partial charge >= 0.3 is 11.9 Å². The van der Waals surface area contributed by atoms with Gasteiger partial charge in [0.2, 0.25) is 11.6 Å². The van der Waals surface area contributed by atoms with Gasteiger partial charge in [0.05, 0.1) is 14.2 Å². The Hall–Kier alpha value is -3.44. The molecule has 0 saturated heterocycles. The van der Waals surface area contributed by atoms with Crippen LogP contribution in [-0.4, -0.2) is 38.9 Å². The Bertz CT molecular complexity index is 1040. The number of carbonyl (C=O) groups excluding carboxylic acids is 2. The number of methoxy groups -OCH3 is 2. The molecule has 0 heterocycles. The van der Waals surface area contributed by atoms with Gasteiger partial charge in [0.25, 0.3) is 0 Å². The van der Waals surface area contributed by atoms with Crippen LogP contribution < -0.4 is 9.47 Å². The number of carbonyl (C=O) groups is 2. The van der Waals surface area contributed by atoms with Crippen molar-refractivity contribution in [1.82, 2.24) is 0 Å². The van der Waals surface area contributed by atoms with Gasteiger partial charge in [0.1, 0.15) is 23.8 Å². The Morgan fingerprint density at radius 1 is 0.781 bits per heavy atom. The van der Waals surface area contributed by atoms with Gasteiger partial charge in [-0.15, -0.1) is 0 Å². The van der Waals surface area contributed by atoms with E-state index in [1.54, 1.807) is 0 Å². The molecule has 2 rings (SSSR count). The number of esters is 2. The Morgan fingerprint density at radius 3 is 1.62 bits per heavy atom. The summed E-state index contributed by atoms with van der Waals surface area (Å²) in [7, 11) is 1.71. The molecule has 0 radical (unpaired) electrons. The van der Waals surface area contributed by atoms with Crippen LogP contribution in [0.25, 0.3) is 0 Å². The average molecular weight is 466 g/mol. The molecule has 2 aromatic carbocycles. The zero-order valence-electron chi connectivity index (χ0n) is 16.9. The van der Waals surface area contributed by atoms with Gasteiger partial charge < -0.3 is 18.9 Å². The predicted octanol–water partition coefficient (Wildman–Crippen LogP) is 4.33. The van der Waals surface area contributed by atoms with Crippen LogP contribution >= 0.6 is 0 Å². The summed E-state index contributed by atoms with van der Waals surface area (Å²) in [5.74, 6) is -14.6. The van der Waals surface area contributed by atoms with Crippen LogP contribution in [0.2, 0.25) is 0 Å². The second kappa shape index (κ2) is 10.2. The van der Waals surface area contributed by atoms with E-state index in [0.717, 1.165) is 14.2 Å². The van der Waals surface area contributed by atoms with E-state index in [9.17, 15) is 35.9 Å². The minimum Gasteiger partial charge on any atom is -0.491 e. The molecule has 0 amide bonds. The maximum atomic E-state index is 14.2. The van der Waals surface area contributed by atoms with Crippen molar-refractivity contribution in [2.75, 3.05) is 20.8 Å². The van der Waals surface area contributed by atoms with Crippen molar-refractivity contribution in [3.63, 3.8) is 0 Å². The standard InChI is InChI=1S/C20H16F6O6/c1-4-8(32-20(28)10-6-12(22)16(26)18(30-3)14(10)24)7-31-19(27)9-5-11(21)15(25)17(29-2)13(9)23/h5-6,8H,4,7H2,1-3H3. The van der Waals surface area contributed by atoms with Gasteiger partial charge in [-0.3, -0.25) is 0 Å². The van der Waals surface area contributed by atoms with Crippen LogP contribution in [0.1, 0.15) is 34.1 Å². The summed E-state index contributed by atoms with van der Waals surface area (Å²) in [6.45, 7) is 0.763. The van der Waals surface area contributed by atoms with Gasteiger partial charge in [0, 0.05) is 0 Å². The molecule has 1 atom stereocenters. The minimum absolute atomic E-state index is 0.00890. The average Bonchev–Trinajstić information content (AvgIpc) is 2.76. The van der Waals surface area contributed by atoms with Crippen molar-refractivity contribution >= 4 is 11.9 Å². The topological polar surface area (TPSA) is 71.1 Å². The Morgan fingerprint density at radius 2 is 1.22 bits per heavy atom. The summed E-state index contributed by atoms with van der Waals surface area (Å²) in [5, 5.41) is 0. The highest BCUT2D eigenvalue weighted by atomic mass is 19.2. The van der Waals surface area contributed by atoms with Crippen molar-refractivity contribution in [3.05, 3.63) is 58.2 Å². The van der Waals surface area contributed by atoms with Crippen LogP contribution in [0.15, 0.2) is 12.1 Å². The number of halogens is 6. The number of hydrogen-bond acceptors (Lipinski definition) is 6. The Kier molecular flexibility index (Phi) is 7.95. The van der Waals surface area contributed by atoms with Crippen LogP contribution in [0.4, 0.5) is 26.3 Å². The van der Waals surface area contributed by atoms with Gasteiger partial charge in [-0.05, 0) is 18.6 Å². The largest absolute Gasteiger partial charge is 0.491 e. The van der Waals surface area contributed by atoms with E-state index in [1.165, 1.54) is 6.92 Å². The Balaban J connectivity index is 2.16. The number of rotatable bonds is 8. The lowest BCUT2D eigenvalue weighted by molar-refractivity contribution is -0.00212. The van der Waals surface area contributed by atoms with Crippen molar-refractivity contribution in [2.45, 2.75) is 19.4 Å². The van der Waals surface area contributed by atoms with E-state index in [4.69, 9.17) is 9.47 Å². The van der Waals surface area contributed by atoms with Crippen molar-refractivity contribution in [3.8, 4) is 11.5 Å². The molecule has 6 nitrogen and oxygen atoms in total. The molecule has 12 heteroatoms. The summed E-state index contributed by atoms with van der Waals surface area (Å²) in [6, 6.07) is 0.516. The highest BCUT2D eigenvalue weighted by Crippen LogP contribution is 2.29. The molecule has 2 aromatic rings. The van der Waals surface area contributed by atoms with E-state index in [-0.39, 0.29) is 18.6 Å². The molecule has 174 valence electrons. The molecule has 0 spiro atoms. The van der Waals surface area contributed by atoms with Gasteiger partial charge in [-0.1, -0.05) is 6.92 Å². The third-order valence-electron chi connectivity index (χ3n) is 4.21. The lowest BCUT2D eigenvalue weighted by Gasteiger charge is -2.17. The van der Waals surface area contributed by atoms with E-state index >= 15 is 0 Å². The maximum absolute atomic E-state index is 14.2. The van der Waals surface area contributed by atoms with E-state index < -0.39 is 82.2 Å². The van der Waals surface area contributed by atoms with E-state index in [1.807, 2.05) is 0 Å². The fraction of sp³-hybridized carbons (Fsp3) is 0.300. The molecule has 0 aliphatic rings. The first kappa shape index (κ1) is 24.8. The van der Waals surface area contributed by atoms with Crippen LogP contribution in [-0.2, 0) is 9.47 Å². The first-order chi connectivity index (χ1) is 15.1. The monoisotopic (exact) mass is 466 g/mol. The van der Waals surface area contributed by atoms with E-state index in [2.05, 4.69) is 9.47 Å². The van der Waals surface area contributed by atoms with Crippen LogP contribution in [0.3, 0.4) is 0 Å². The number of ether oxygens (including phenoxy) is 4. The summed E-state index contributed by atoms with van der Waals surface area (Å²) < 4.78 is 101. The fourth-order valence-corrected chi connectivity index (χ4v) is 2.51. The zero-order chi connectivity index (χ0) is 24.2. The normalized spacial score (nSPS) is 11.7. The number of benzene rings is 2. The second-order valence-corrected chi connectivity index (χ2v) is 6.17. The molecule has 0 aliphatic heterocycles. The summed E-state index contributed by atoms with van der Waals surface area (Å²) in [5.41, 5.74) is -1.97. The number of hydrogen-bond donors (Lipinski definition) is 0. The maximum Gasteiger partial charge on any atom is 0.341 e. The molecule has 1 unspecified atom stereocenters. The summed E-state index contributed by atoms with van der Waals surface area (Å²) >= 11 is 0. The van der Waals surface area contributed by atoms with Crippen molar-refractivity contribution in [1.29, 1.82) is 0 Å². The van der Waals surface area contributed by atoms with Gasteiger partial charge in [0.15, 0.2) is 34.8 Å². The molecule has 0 bridgehead atoms. The van der Waals surface area contributed by atoms with Gasteiger partial charge in [-0.25, -0.2) is 27.2 Å². The quantitative estimate of drug-likeness (QED) is 0.328. The van der Waals surface area contributed by atoms with Crippen LogP contribution in [0, 0.1) is 34.9 Å². The fourth-order valence-electron chi connectivity index (χ4n) is 2.51. The molecule has 32 heavy (non-hydrogen) atoms. The Labute approximate surface area is 177 Å². The SMILES string of the molecule is CCC(COC(=O)c1cc(F)c(F)c(OC)c1F)OC(=O)c1cc(F)c(F)c(OC)c1F. The van der Waals surface area contributed by atoms with E-state index in [0.29, 0.717) is 0 Å². The lowest BCUT2D eigenvalue weighted by atomic mass is 10.1.